The zero-order valence-corrected chi connectivity index (χ0v) is 10.4. The Morgan fingerprint density at radius 2 is 2.00 bits per heavy atom. The molecule has 1 N–H and O–H groups in total. The second-order valence-electron chi connectivity index (χ2n) is 4.28. The maximum Gasteiger partial charge on any atom is 0.231 e. The summed E-state index contributed by atoms with van der Waals surface area (Å²) in [7, 11) is -1.82. The van der Waals surface area contributed by atoms with Gasteiger partial charge in [-0.05, 0) is 43.4 Å². The molecule has 1 aromatic rings. The number of hydrogen-bond acceptors (Lipinski definition) is 1. The largest absolute Gasteiger partial charge is 0.426 e. The van der Waals surface area contributed by atoms with E-state index in [0.29, 0.717) is 0 Å². The third-order valence-corrected chi connectivity index (χ3v) is 5.62. The van der Waals surface area contributed by atoms with Crippen LogP contribution in [0.1, 0.15) is 31.2 Å². The first-order chi connectivity index (χ1) is 7.29. The van der Waals surface area contributed by atoms with E-state index < -0.39 is 9.04 Å². The molecule has 1 atom stereocenters. The molecule has 0 saturated heterocycles. The zero-order valence-electron chi connectivity index (χ0n) is 9.24. The van der Waals surface area contributed by atoms with Crippen LogP contribution in [0.5, 0.6) is 0 Å². The lowest BCUT2D eigenvalue weighted by molar-refractivity contribution is 0.584. The highest BCUT2D eigenvalue weighted by Gasteiger charge is 2.18. The van der Waals surface area contributed by atoms with Crippen molar-refractivity contribution < 1.29 is 4.80 Å². The van der Waals surface area contributed by atoms with Gasteiger partial charge in [0.15, 0.2) is 0 Å². The van der Waals surface area contributed by atoms with Gasteiger partial charge in [0.05, 0.1) is 0 Å². The van der Waals surface area contributed by atoms with Gasteiger partial charge >= 0.3 is 0 Å². The summed E-state index contributed by atoms with van der Waals surface area (Å²) in [6.07, 6.45) is 7.08. The van der Waals surface area contributed by atoms with E-state index in [1.54, 1.807) is 0 Å². The van der Waals surface area contributed by atoms with Crippen molar-refractivity contribution in [3.8, 4) is 0 Å². The van der Waals surface area contributed by atoms with E-state index >= 15 is 0 Å². The fourth-order valence-electron chi connectivity index (χ4n) is 2.20. The molecule has 0 heterocycles. The highest BCUT2D eigenvalue weighted by atomic mass is 28.3. The Hall–Kier alpha value is -0.863. The molecule has 1 nitrogen and oxygen atoms in total. The van der Waals surface area contributed by atoms with E-state index in [1.165, 1.54) is 28.8 Å². The maximum absolute atomic E-state index is 10.4. The van der Waals surface area contributed by atoms with E-state index in [1.807, 2.05) is 12.1 Å². The summed E-state index contributed by atoms with van der Waals surface area (Å²) in [5, 5.41) is 2.54. The van der Waals surface area contributed by atoms with Crippen LogP contribution in [-0.4, -0.2) is 13.8 Å². The first kappa shape index (κ1) is 10.6. The van der Waals surface area contributed by atoms with Crippen molar-refractivity contribution in [1.29, 1.82) is 0 Å². The second kappa shape index (κ2) is 4.77. The summed E-state index contributed by atoms with van der Waals surface area (Å²) in [6.45, 7) is 2.09. The fourth-order valence-corrected chi connectivity index (χ4v) is 4.29. The van der Waals surface area contributed by atoms with Crippen LogP contribution in [0.4, 0.5) is 0 Å². The smallest absolute Gasteiger partial charge is 0.231 e. The Morgan fingerprint density at radius 1 is 1.20 bits per heavy atom. The van der Waals surface area contributed by atoms with E-state index in [9.17, 15) is 4.80 Å². The summed E-state index contributed by atoms with van der Waals surface area (Å²) in [5.74, 6) is 0. The van der Waals surface area contributed by atoms with Crippen molar-refractivity contribution in [1.82, 2.24) is 0 Å². The quantitative estimate of drug-likeness (QED) is 0.752. The van der Waals surface area contributed by atoms with Gasteiger partial charge in [0.25, 0.3) is 0 Å². The minimum absolute atomic E-state index is 1.11. The maximum atomic E-state index is 10.4. The summed E-state index contributed by atoms with van der Waals surface area (Å²) in [4.78, 5) is 10.4. The van der Waals surface area contributed by atoms with Crippen LogP contribution < -0.4 is 5.19 Å². The molecule has 0 amide bonds. The Balaban J connectivity index is 2.23. The average Bonchev–Trinajstić information content (AvgIpc) is 2.30. The van der Waals surface area contributed by atoms with E-state index in [0.717, 1.165) is 12.8 Å². The third kappa shape index (κ3) is 2.39. The van der Waals surface area contributed by atoms with Crippen LogP contribution in [-0.2, 0) is 0 Å². The molecule has 0 spiro atoms. The molecule has 0 fully saturated rings. The highest BCUT2D eigenvalue weighted by molar-refractivity contribution is 6.73. The third-order valence-electron chi connectivity index (χ3n) is 3.16. The molecule has 80 valence electrons. The molecule has 0 saturated carbocycles. The molecule has 1 aliphatic rings. The Bertz CT molecular complexity index is 371. The summed E-state index contributed by atoms with van der Waals surface area (Å²) in [6, 6.07) is 8.24. The first-order valence-corrected chi connectivity index (χ1v) is 7.38. The van der Waals surface area contributed by atoms with Gasteiger partial charge in [0.2, 0.25) is 9.04 Å². The number of hydrogen-bond donors (Lipinski definition) is 1. The molecule has 0 aromatic heterocycles. The van der Waals surface area contributed by atoms with Crippen LogP contribution in [0.25, 0.3) is 0 Å². The average molecular weight is 218 g/mol. The van der Waals surface area contributed by atoms with Crippen LogP contribution in [0, 0.1) is 6.92 Å². The van der Waals surface area contributed by atoms with Crippen molar-refractivity contribution in [2.45, 2.75) is 32.6 Å². The summed E-state index contributed by atoms with van der Waals surface area (Å²) < 4.78 is 0. The topological polar surface area (TPSA) is 20.2 Å². The van der Waals surface area contributed by atoms with Gasteiger partial charge in [-0.2, -0.15) is 0 Å². The number of aryl methyl sites for hydroxylation is 1. The molecule has 0 aliphatic heterocycles. The van der Waals surface area contributed by atoms with Gasteiger partial charge in [-0.15, -0.1) is 0 Å². The lowest BCUT2D eigenvalue weighted by Gasteiger charge is -2.18. The molecule has 1 unspecified atom stereocenters. The fraction of sp³-hybridized carbons (Fsp3) is 0.385. The van der Waals surface area contributed by atoms with Gasteiger partial charge in [0, 0.05) is 0 Å². The van der Waals surface area contributed by atoms with Gasteiger partial charge in [-0.3, -0.25) is 0 Å². The molecule has 1 aromatic carbocycles. The molecule has 0 radical (unpaired) electrons. The summed E-state index contributed by atoms with van der Waals surface area (Å²) >= 11 is 0. The van der Waals surface area contributed by atoms with Crippen LogP contribution in [0.3, 0.4) is 0 Å². The second-order valence-corrected chi connectivity index (χ2v) is 6.45. The number of rotatable bonds is 2. The van der Waals surface area contributed by atoms with Crippen LogP contribution in [0.2, 0.25) is 0 Å². The van der Waals surface area contributed by atoms with E-state index in [2.05, 4.69) is 25.1 Å². The number of allylic oxidation sites excluding steroid dienone is 2. The Labute approximate surface area is 93.2 Å². The minimum atomic E-state index is -1.82. The highest BCUT2D eigenvalue weighted by Crippen LogP contribution is 2.19. The Morgan fingerprint density at radius 3 is 2.67 bits per heavy atom. The zero-order chi connectivity index (χ0) is 10.7. The Kier molecular flexibility index (Phi) is 3.39. The molecule has 0 bridgehead atoms. The minimum Gasteiger partial charge on any atom is -0.426 e. The van der Waals surface area contributed by atoms with Gasteiger partial charge in [-0.25, -0.2) is 0 Å². The van der Waals surface area contributed by atoms with E-state index in [4.69, 9.17) is 0 Å². The van der Waals surface area contributed by atoms with Gasteiger partial charge < -0.3 is 4.80 Å². The van der Waals surface area contributed by atoms with Crippen LogP contribution >= 0.6 is 0 Å². The molecular formula is C13H18OSi. The molecule has 2 heteroatoms. The predicted molar refractivity (Wildman–Crippen MR) is 66.7 cm³/mol. The SMILES string of the molecule is Cc1ccccc1[SiH](O)C1=CCCCC1. The van der Waals surface area contributed by atoms with Crippen molar-refractivity contribution in [3.63, 3.8) is 0 Å². The van der Waals surface area contributed by atoms with E-state index in [-0.39, 0.29) is 0 Å². The van der Waals surface area contributed by atoms with Crippen molar-refractivity contribution in [2.24, 2.45) is 0 Å². The monoisotopic (exact) mass is 218 g/mol. The predicted octanol–water partition coefficient (Wildman–Crippen LogP) is 1.96. The van der Waals surface area contributed by atoms with Crippen molar-refractivity contribution in [3.05, 3.63) is 41.1 Å². The number of benzene rings is 1. The molecular weight excluding hydrogens is 200 g/mol. The lowest BCUT2D eigenvalue weighted by atomic mass is 10.1. The molecule has 1 aliphatic carbocycles. The van der Waals surface area contributed by atoms with Crippen molar-refractivity contribution >= 4 is 14.2 Å². The normalized spacial score (nSPS) is 18.4. The van der Waals surface area contributed by atoms with Gasteiger partial charge in [0.1, 0.15) is 0 Å². The summed E-state index contributed by atoms with van der Waals surface area (Å²) in [5.41, 5.74) is 1.24. The lowest BCUT2D eigenvalue weighted by Crippen LogP contribution is -2.35. The first-order valence-electron chi connectivity index (χ1n) is 5.71. The molecule has 2 rings (SSSR count). The van der Waals surface area contributed by atoms with Crippen molar-refractivity contribution in [2.75, 3.05) is 0 Å². The van der Waals surface area contributed by atoms with Crippen LogP contribution in [0.15, 0.2) is 35.5 Å². The molecule has 15 heavy (non-hydrogen) atoms. The standard InChI is InChI=1S/C13H18OSi/c1-11-7-5-6-10-13(11)15(14)12-8-3-2-4-9-12/h5-8,10,14-15H,2-4,9H2,1H3. The van der Waals surface area contributed by atoms with Gasteiger partial charge in [-0.1, -0.05) is 35.5 Å².